The highest BCUT2D eigenvalue weighted by Gasteiger charge is 2.29. The van der Waals surface area contributed by atoms with Crippen LogP contribution in [0.25, 0.3) is 0 Å². The Balaban J connectivity index is 3.32. The van der Waals surface area contributed by atoms with Gasteiger partial charge in [0.25, 0.3) is 5.69 Å². The Hall–Kier alpha value is -2.49. The molecule has 0 bridgehead atoms. The Morgan fingerprint density at radius 2 is 1.95 bits per heavy atom. The van der Waals surface area contributed by atoms with Crippen LogP contribution in [0.2, 0.25) is 0 Å². The van der Waals surface area contributed by atoms with Crippen molar-refractivity contribution in [3.05, 3.63) is 33.9 Å². The van der Waals surface area contributed by atoms with Gasteiger partial charge in [-0.3, -0.25) is 14.9 Å². The molecule has 0 unspecified atom stereocenters. The van der Waals surface area contributed by atoms with Gasteiger partial charge in [0, 0.05) is 11.6 Å². The van der Waals surface area contributed by atoms with Crippen LogP contribution in [0.15, 0.2) is 23.1 Å². The van der Waals surface area contributed by atoms with Crippen molar-refractivity contribution in [2.24, 2.45) is 0 Å². The zero-order valence-electron chi connectivity index (χ0n) is 10.8. The summed E-state index contributed by atoms with van der Waals surface area (Å²) in [7, 11) is -4.33. The van der Waals surface area contributed by atoms with Crippen molar-refractivity contribution >= 4 is 27.5 Å². The molecule has 0 radical (unpaired) electrons. The molecule has 9 nitrogen and oxygen atoms in total. The van der Waals surface area contributed by atoms with Crippen LogP contribution in [0.1, 0.15) is 17.3 Å². The molecule has 0 fully saturated rings. The smallest absolute Gasteiger partial charge is 0.321 e. The molecule has 0 saturated heterocycles. The van der Waals surface area contributed by atoms with Crippen LogP contribution >= 0.6 is 0 Å². The Morgan fingerprint density at radius 3 is 2.43 bits per heavy atom. The van der Waals surface area contributed by atoms with Crippen molar-refractivity contribution in [1.29, 1.82) is 0 Å². The highest BCUT2D eigenvalue weighted by atomic mass is 32.2. The molecule has 114 valence electrons. The molecule has 1 aromatic carbocycles. The summed E-state index contributed by atoms with van der Waals surface area (Å²) < 4.78 is 28.4. The number of rotatable bonds is 6. The normalized spacial score (nSPS) is 10.9. The summed E-state index contributed by atoms with van der Waals surface area (Å²) in [4.78, 5) is 30.9. The highest BCUT2D eigenvalue weighted by Crippen LogP contribution is 2.26. The van der Waals surface area contributed by atoms with Gasteiger partial charge in [-0.25, -0.2) is 8.42 Å². The molecule has 0 aliphatic rings. The Labute approximate surface area is 119 Å². The number of benzene rings is 1. The minimum Gasteiger partial charge on any atom is -0.545 e. The lowest BCUT2D eigenvalue weighted by molar-refractivity contribution is -0.387. The maximum Gasteiger partial charge on any atom is 0.321 e. The van der Waals surface area contributed by atoms with E-state index in [9.17, 15) is 33.2 Å². The second kappa shape index (κ2) is 6.31. The minimum absolute atomic E-state index is 0.0416. The summed E-state index contributed by atoms with van der Waals surface area (Å²) in [5.41, 5.74) is -1.49. The lowest BCUT2D eigenvalue weighted by atomic mass is 10.2. The standard InChI is InChI=1S/C11H11NO8S/c1-2-20-10(13)6-21(18,19)9-4-3-7(11(14)15)5-8(9)12(16)17/h3-5H,2,6H2,1H3,(H,14,15)/p-1. The Kier molecular flexibility index (Phi) is 4.97. The first-order chi connectivity index (χ1) is 9.69. The quantitative estimate of drug-likeness (QED) is 0.380. The van der Waals surface area contributed by atoms with E-state index in [1.54, 1.807) is 0 Å². The van der Waals surface area contributed by atoms with Gasteiger partial charge in [-0.1, -0.05) is 6.07 Å². The third-order valence-electron chi connectivity index (χ3n) is 2.34. The fourth-order valence-electron chi connectivity index (χ4n) is 1.49. The van der Waals surface area contributed by atoms with E-state index in [2.05, 4.69) is 4.74 Å². The lowest BCUT2D eigenvalue weighted by Gasteiger charge is -2.07. The van der Waals surface area contributed by atoms with Crippen molar-refractivity contribution in [2.45, 2.75) is 11.8 Å². The molecule has 0 atom stereocenters. The number of ether oxygens (including phenoxy) is 1. The van der Waals surface area contributed by atoms with E-state index in [4.69, 9.17) is 0 Å². The van der Waals surface area contributed by atoms with Crippen LogP contribution in [0, 0.1) is 10.1 Å². The van der Waals surface area contributed by atoms with Gasteiger partial charge < -0.3 is 14.6 Å². The zero-order chi connectivity index (χ0) is 16.2. The number of hydrogen-bond acceptors (Lipinski definition) is 8. The first kappa shape index (κ1) is 16.6. The summed E-state index contributed by atoms with van der Waals surface area (Å²) >= 11 is 0. The third-order valence-corrected chi connectivity index (χ3v) is 3.97. The van der Waals surface area contributed by atoms with Crippen molar-refractivity contribution in [3.8, 4) is 0 Å². The summed E-state index contributed by atoms with van der Waals surface area (Å²) in [6.45, 7) is 1.43. The van der Waals surface area contributed by atoms with E-state index in [1.165, 1.54) is 6.92 Å². The van der Waals surface area contributed by atoms with Crippen LogP contribution < -0.4 is 5.11 Å². The maximum atomic E-state index is 12.0. The molecule has 21 heavy (non-hydrogen) atoms. The largest absolute Gasteiger partial charge is 0.545 e. The van der Waals surface area contributed by atoms with Crippen LogP contribution in [0.5, 0.6) is 0 Å². The molecule has 0 N–H and O–H groups in total. The molecular weight excluding hydrogens is 306 g/mol. The molecule has 0 aromatic heterocycles. The average molecular weight is 316 g/mol. The molecule has 0 amide bonds. The van der Waals surface area contributed by atoms with Crippen molar-refractivity contribution < 1.29 is 32.8 Å². The number of esters is 1. The number of carbonyl (C=O) groups excluding carboxylic acids is 2. The van der Waals surface area contributed by atoms with Gasteiger partial charge in [-0.2, -0.15) is 0 Å². The Bertz CT molecular complexity index is 694. The highest BCUT2D eigenvalue weighted by molar-refractivity contribution is 7.92. The topological polar surface area (TPSA) is 144 Å². The number of hydrogen-bond donors (Lipinski definition) is 0. The zero-order valence-corrected chi connectivity index (χ0v) is 11.6. The van der Waals surface area contributed by atoms with E-state index >= 15 is 0 Å². The van der Waals surface area contributed by atoms with Gasteiger partial charge in [-0.05, 0) is 13.0 Å². The number of aromatic carboxylic acids is 1. The fourth-order valence-corrected chi connectivity index (χ4v) is 2.76. The predicted octanol–water partition coefficient (Wildman–Crippen LogP) is -0.705. The second-order valence-electron chi connectivity index (χ2n) is 3.79. The molecule has 10 heteroatoms. The van der Waals surface area contributed by atoms with E-state index in [1.807, 2.05) is 0 Å². The van der Waals surface area contributed by atoms with Gasteiger partial charge in [-0.15, -0.1) is 0 Å². The Morgan fingerprint density at radius 1 is 1.33 bits per heavy atom. The second-order valence-corrected chi connectivity index (χ2v) is 5.75. The molecule has 0 aliphatic heterocycles. The van der Waals surface area contributed by atoms with Gasteiger partial charge >= 0.3 is 5.97 Å². The van der Waals surface area contributed by atoms with Crippen LogP contribution in [0.4, 0.5) is 5.69 Å². The molecule has 1 rings (SSSR count). The van der Waals surface area contributed by atoms with Gasteiger partial charge in [0.2, 0.25) is 0 Å². The minimum atomic E-state index is -4.33. The monoisotopic (exact) mass is 316 g/mol. The molecule has 1 aromatic rings. The average Bonchev–Trinajstić information content (AvgIpc) is 2.37. The SMILES string of the molecule is CCOC(=O)CS(=O)(=O)c1ccc(C(=O)[O-])cc1[N+](=O)[O-]. The number of nitro groups is 1. The predicted molar refractivity (Wildman–Crippen MR) is 66.1 cm³/mol. The fraction of sp³-hybridized carbons (Fsp3) is 0.273. The summed E-state index contributed by atoms with van der Waals surface area (Å²) in [5, 5.41) is 21.5. The van der Waals surface area contributed by atoms with E-state index in [0.29, 0.717) is 6.07 Å². The van der Waals surface area contributed by atoms with Crippen molar-refractivity contribution in [2.75, 3.05) is 12.4 Å². The summed E-state index contributed by atoms with van der Waals surface area (Å²) in [5.74, 6) is -3.82. The lowest BCUT2D eigenvalue weighted by Crippen LogP contribution is -2.23. The van der Waals surface area contributed by atoms with Crippen LogP contribution in [-0.4, -0.2) is 37.6 Å². The molecule has 0 spiro atoms. The molecular formula is C11H10NO8S-. The number of carboxylic acids is 1. The van der Waals surface area contributed by atoms with Crippen molar-refractivity contribution in [3.63, 3.8) is 0 Å². The summed E-state index contributed by atoms with van der Waals surface area (Å²) in [6.07, 6.45) is 0. The van der Waals surface area contributed by atoms with Gasteiger partial charge in [0.1, 0.15) is 4.90 Å². The molecule has 0 aliphatic carbocycles. The third kappa shape index (κ3) is 3.99. The van der Waals surface area contributed by atoms with E-state index in [0.717, 1.165) is 12.1 Å². The molecule has 0 heterocycles. The first-order valence-electron chi connectivity index (χ1n) is 5.57. The maximum absolute atomic E-state index is 12.0. The number of nitrogens with zero attached hydrogens (tertiary/aromatic N) is 1. The van der Waals surface area contributed by atoms with E-state index < -0.39 is 48.6 Å². The van der Waals surface area contributed by atoms with Gasteiger partial charge in [0.15, 0.2) is 15.6 Å². The number of sulfone groups is 1. The number of carbonyl (C=O) groups is 2. The first-order valence-corrected chi connectivity index (χ1v) is 7.22. The van der Waals surface area contributed by atoms with E-state index in [-0.39, 0.29) is 6.61 Å². The number of nitro benzene ring substituents is 1. The summed E-state index contributed by atoms with van der Waals surface area (Å²) in [6, 6.07) is 2.16. The van der Waals surface area contributed by atoms with Crippen molar-refractivity contribution in [1.82, 2.24) is 0 Å². The van der Waals surface area contributed by atoms with Gasteiger partial charge in [0.05, 0.1) is 17.5 Å². The van der Waals surface area contributed by atoms with Crippen LogP contribution in [-0.2, 0) is 19.4 Å². The number of carboxylic acid groups (broad SMARTS) is 1. The molecule has 0 saturated carbocycles. The van der Waals surface area contributed by atoms with Crippen LogP contribution in [0.3, 0.4) is 0 Å².